The Labute approximate surface area is 67.7 Å². The third kappa shape index (κ3) is 1.69. The van der Waals surface area contributed by atoms with E-state index >= 15 is 0 Å². The molecule has 0 aliphatic heterocycles. The fraction of sp³-hybridized carbons (Fsp3) is 0.889. The highest BCUT2D eigenvalue weighted by molar-refractivity contribution is 5.35. The van der Waals surface area contributed by atoms with E-state index < -0.39 is 0 Å². The smallest absolute Gasteiger partial charge is 0.211 e. The molecule has 0 aromatic heterocycles. The summed E-state index contributed by atoms with van der Waals surface area (Å²) in [6.07, 6.45) is 6.01. The fourth-order valence-electron chi connectivity index (χ4n) is 2.15. The van der Waals surface area contributed by atoms with E-state index in [1.54, 1.807) is 6.08 Å². The Hall–Kier alpha value is -0.620. The molecule has 0 aromatic rings. The van der Waals surface area contributed by atoms with Crippen LogP contribution in [0.2, 0.25) is 0 Å². The quantitative estimate of drug-likeness (QED) is 0.452. The van der Waals surface area contributed by atoms with Crippen molar-refractivity contribution in [3.63, 3.8) is 0 Å². The second-order valence-corrected chi connectivity index (χ2v) is 3.69. The Bertz CT molecular complexity index is 170. The molecule has 0 aromatic carbocycles. The fourth-order valence-corrected chi connectivity index (χ4v) is 2.15. The maximum Gasteiger partial charge on any atom is 0.235 e. The third-order valence-electron chi connectivity index (χ3n) is 2.46. The Morgan fingerprint density at radius 3 is 2.64 bits per heavy atom. The van der Waals surface area contributed by atoms with Gasteiger partial charge in [-0.15, -0.1) is 0 Å². The molecule has 62 valence electrons. The van der Waals surface area contributed by atoms with Crippen molar-refractivity contribution >= 4 is 6.08 Å². The highest BCUT2D eigenvalue weighted by Crippen LogP contribution is 2.43. The zero-order valence-electron chi connectivity index (χ0n) is 7.26. The molecule has 0 atom stereocenters. The lowest BCUT2D eigenvalue weighted by molar-refractivity contribution is 0.153. The topological polar surface area (TPSA) is 29.4 Å². The van der Waals surface area contributed by atoms with Gasteiger partial charge in [0.1, 0.15) is 0 Å². The molecule has 1 aliphatic carbocycles. The summed E-state index contributed by atoms with van der Waals surface area (Å²) in [5, 5.41) is 0. The summed E-state index contributed by atoms with van der Waals surface area (Å²) in [6, 6.07) is 0. The van der Waals surface area contributed by atoms with Gasteiger partial charge in [-0.1, -0.05) is 20.3 Å². The molecule has 0 N–H and O–H groups in total. The van der Waals surface area contributed by atoms with Gasteiger partial charge in [0, 0.05) is 0 Å². The molecule has 0 heterocycles. The third-order valence-corrected chi connectivity index (χ3v) is 2.46. The van der Waals surface area contributed by atoms with Crippen molar-refractivity contribution in [2.24, 2.45) is 10.9 Å². The van der Waals surface area contributed by atoms with Crippen molar-refractivity contribution in [2.75, 3.05) is 0 Å². The Balaban J connectivity index is 2.52. The lowest BCUT2D eigenvalue weighted by atomic mass is 9.67. The number of isocyanates is 1. The van der Waals surface area contributed by atoms with Crippen LogP contribution in [0, 0.1) is 5.92 Å². The first-order valence-corrected chi connectivity index (χ1v) is 4.31. The van der Waals surface area contributed by atoms with E-state index in [0.717, 1.165) is 31.6 Å². The van der Waals surface area contributed by atoms with Gasteiger partial charge in [0.25, 0.3) is 0 Å². The molecule has 0 saturated heterocycles. The van der Waals surface area contributed by atoms with Crippen molar-refractivity contribution in [2.45, 2.75) is 45.1 Å². The summed E-state index contributed by atoms with van der Waals surface area (Å²) >= 11 is 0. The molecular formula is C9H15NO. The monoisotopic (exact) mass is 153 g/mol. The van der Waals surface area contributed by atoms with Crippen LogP contribution < -0.4 is 0 Å². The SMILES string of the molecule is CCCC1(N=C=O)CC(C)C1. The van der Waals surface area contributed by atoms with E-state index in [9.17, 15) is 4.79 Å². The predicted molar refractivity (Wildman–Crippen MR) is 44.2 cm³/mol. The zero-order chi connectivity index (χ0) is 8.32. The van der Waals surface area contributed by atoms with Crippen molar-refractivity contribution < 1.29 is 4.79 Å². The normalized spacial score (nSPS) is 35.6. The predicted octanol–water partition coefficient (Wildman–Crippen LogP) is 2.29. The average Bonchev–Trinajstić information content (AvgIpc) is 1.86. The molecule has 11 heavy (non-hydrogen) atoms. The highest BCUT2D eigenvalue weighted by atomic mass is 16.1. The molecule has 0 unspecified atom stereocenters. The van der Waals surface area contributed by atoms with Crippen molar-refractivity contribution in [3.8, 4) is 0 Å². The number of carbonyl (C=O) groups excluding carboxylic acids is 1. The Morgan fingerprint density at radius 1 is 1.64 bits per heavy atom. The summed E-state index contributed by atoms with van der Waals surface area (Å²) in [5.41, 5.74) is -0.00405. The molecule has 0 radical (unpaired) electrons. The lowest BCUT2D eigenvalue weighted by Gasteiger charge is -2.42. The Morgan fingerprint density at radius 2 is 2.27 bits per heavy atom. The van der Waals surface area contributed by atoms with Gasteiger partial charge in [-0.3, -0.25) is 0 Å². The van der Waals surface area contributed by atoms with Crippen LogP contribution in [0.15, 0.2) is 4.99 Å². The van der Waals surface area contributed by atoms with Gasteiger partial charge in [0.15, 0.2) is 0 Å². The van der Waals surface area contributed by atoms with Gasteiger partial charge < -0.3 is 0 Å². The largest absolute Gasteiger partial charge is 0.235 e. The summed E-state index contributed by atoms with van der Waals surface area (Å²) in [6.45, 7) is 4.33. The summed E-state index contributed by atoms with van der Waals surface area (Å²) in [5.74, 6) is 0.749. The van der Waals surface area contributed by atoms with Gasteiger partial charge in [-0.05, 0) is 25.2 Å². The first kappa shape index (κ1) is 8.48. The van der Waals surface area contributed by atoms with Crippen LogP contribution in [-0.4, -0.2) is 11.6 Å². The molecule has 1 rings (SSSR count). The van der Waals surface area contributed by atoms with Crippen LogP contribution in [-0.2, 0) is 4.79 Å². The number of rotatable bonds is 3. The van der Waals surface area contributed by atoms with Crippen molar-refractivity contribution in [1.82, 2.24) is 0 Å². The van der Waals surface area contributed by atoms with Crippen molar-refractivity contribution in [1.29, 1.82) is 0 Å². The van der Waals surface area contributed by atoms with Gasteiger partial charge in [0.2, 0.25) is 6.08 Å². The zero-order valence-corrected chi connectivity index (χ0v) is 7.26. The van der Waals surface area contributed by atoms with Crippen LogP contribution in [0.1, 0.15) is 39.5 Å². The maximum absolute atomic E-state index is 10.1. The second kappa shape index (κ2) is 3.19. The Kier molecular flexibility index (Phi) is 2.45. The molecule has 2 nitrogen and oxygen atoms in total. The van der Waals surface area contributed by atoms with Crippen molar-refractivity contribution in [3.05, 3.63) is 0 Å². The van der Waals surface area contributed by atoms with Gasteiger partial charge in [-0.25, -0.2) is 4.79 Å². The standard InChI is InChI=1S/C9H15NO/c1-3-4-9(10-7-11)5-8(2)6-9/h8H,3-6H2,1-2H3. The van der Waals surface area contributed by atoms with Gasteiger partial charge in [-0.2, -0.15) is 4.99 Å². The summed E-state index contributed by atoms with van der Waals surface area (Å²) in [7, 11) is 0. The minimum Gasteiger partial charge on any atom is -0.211 e. The summed E-state index contributed by atoms with van der Waals surface area (Å²) in [4.78, 5) is 14.0. The first-order valence-electron chi connectivity index (χ1n) is 4.31. The van der Waals surface area contributed by atoms with Crippen LogP contribution in [0.3, 0.4) is 0 Å². The van der Waals surface area contributed by atoms with Crippen LogP contribution in [0.25, 0.3) is 0 Å². The van der Waals surface area contributed by atoms with E-state index in [-0.39, 0.29) is 5.54 Å². The first-order chi connectivity index (χ1) is 5.22. The van der Waals surface area contributed by atoms with Gasteiger partial charge in [0.05, 0.1) is 5.54 Å². The second-order valence-electron chi connectivity index (χ2n) is 3.69. The number of hydrogen-bond donors (Lipinski definition) is 0. The molecule has 0 amide bonds. The molecule has 0 spiro atoms. The minimum atomic E-state index is -0.00405. The minimum absolute atomic E-state index is 0.00405. The number of nitrogens with zero attached hydrogens (tertiary/aromatic N) is 1. The average molecular weight is 153 g/mol. The summed E-state index contributed by atoms with van der Waals surface area (Å²) < 4.78 is 0. The van der Waals surface area contributed by atoms with E-state index in [0.29, 0.717) is 0 Å². The molecule has 1 aliphatic rings. The molecule has 1 fully saturated rings. The highest BCUT2D eigenvalue weighted by Gasteiger charge is 2.41. The molecule has 2 heteroatoms. The van der Waals surface area contributed by atoms with Gasteiger partial charge >= 0.3 is 0 Å². The maximum atomic E-state index is 10.1. The van der Waals surface area contributed by atoms with Crippen LogP contribution in [0.5, 0.6) is 0 Å². The van der Waals surface area contributed by atoms with E-state index in [4.69, 9.17) is 0 Å². The molecular weight excluding hydrogens is 138 g/mol. The van der Waals surface area contributed by atoms with E-state index in [1.165, 1.54) is 0 Å². The lowest BCUT2D eigenvalue weighted by Crippen LogP contribution is -2.40. The number of aliphatic imine (C=N–C) groups is 1. The number of hydrogen-bond acceptors (Lipinski definition) is 2. The molecule has 1 saturated carbocycles. The van der Waals surface area contributed by atoms with Crippen LogP contribution in [0.4, 0.5) is 0 Å². The molecule has 0 bridgehead atoms. The van der Waals surface area contributed by atoms with E-state index in [2.05, 4.69) is 18.8 Å². The van der Waals surface area contributed by atoms with Crippen LogP contribution >= 0.6 is 0 Å². The van der Waals surface area contributed by atoms with E-state index in [1.807, 2.05) is 0 Å².